The Morgan fingerprint density at radius 2 is 2.17 bits per heavy atom. The molecule has 102 valence electrons. The van der Waals surface area contributed by atoms with Gasteiger partial charge in [0.05, 0.1) is 0 Å². The molecule has 1 aliphatic carbocycles. The van der Waals surface area contributed by atoms with Crippen LogP contribution in [-0.2, 0) is 6.42 Å². The van der Waals surface area contributed by atoms with Crippen molar-refractivity contribution < 1.29 is 0 Å². The number of halogens is 1. The lowest BCUT2D eigenvalue weighted by Gasteiger charge is -2.26. The van der Waals surface area contributed by atoms with E-state index in [4.69, 9.17) is 0 Å². The van der Waals surface area contributed by atoms with E-state index in [9.17, 15) is 0 Å². The van der Waals surface area contributed by atoms with Crippen molar-refractivity contribution in [2.75, 3.05) is 6.54 Å². The maximum absolute atomic E-state index is 3.68. The van der Waals surface area contributed by atoms with Crippen molar-refractivity contribution >= 4 is 27.3 Å². The highest BCUT2D eigenvalue weighted by molar-refractivity contribution is 9.10. The summed E-state index contributed by atoms with van der Waals surface area (Å²) in [6.45, 7) is 3.31. The van der Waals surface area contributed by atoms with E-state index in [0.717, 1.165) is 12.5 Å². The van der Waals surface area contributed by atoms with Crippen molar-refractivity contribution in [1.82, 2.24) is 5.32 Å². The number of likely N-dealkylation sites (N-methyl/N-ethyl adjacent to an activating group) is 1. The molecule has 3 heteroatoms. The molecule has 0 bridgehead atoms. The van der Waals surface area contributed by atoms with E-state index in [0.29, 0.717) is 6.04 Å². The van der Waals surface area contributed by atoms with E-state index in [1.807, 2.05) is 11.3 Å². The van der Waals surface area contributed by atoms with Crippen LogP contribution in [0.25, 0.3) is 0 Å². The third-order valence-electron chi connectivity index (χ3n) is 3.90. The fraction of sp³-hybridized carbons (Fsp3) is 0.733. The topological polar surface area (TPSA) is 12.0 Å². The molecule has 0 spiro atoms. The molecule has 1 saturated carbocycles. The van der Waals surface area contributed by atoms with Crippen LogP contribution in [0.15, 0.2) is 15.9 Å². The zero-order valence-electron chi connectivity index (χ0n) is 11.3. The van der Waals surface area contributed by atoms with Crippen LogP contribution in [0.1, 0.15) is 50.3 Å². The van der Waals surface area contributed by atoms with E-state index in [2.05, 4.69) is 39.6 Å². The molecule has 2 rings (SSSR count). The highest BCUT2D eigenvalue weighted by Crippen LogP contribution is 2.29. The van der Waals surface area contributed by atoms with E-state index in [1.165, 1.54) is 54.3 Å². The summed E-state index contributed by atoms with van der Waals surface area (Å²) in [5.41, 5.74) is 0. The summed E-state index contributed by atoms with van der Waals surface area (Å²) in [5.74, 6) is 0.964. The van der Waals surface area contributed by atoms with Crippen LogP contribution < -0.4 is 5.32 Å². The van der Waals surface area contributed by atoms with Crippen LogP contribution >= 0.6 is 27.3 Å². The minimum Gasteiger partial charge on any atom is -0.314 e. The molecule has 1 aromatic heterocycles. The number of thiophene rings is 1. The van der Waals surface area contributed by atoms with Gasteiger partial charge >= 0.3 is 0 Å². The van der Waals surface area contributed by atoms with Gasteiger partial charge in [-0.05, 0) is 47.3 Å². The Kier molecular flexibility index (Phi) is 6.19. The quantitative estimate of drug-likeness (QED) is 0.774. The summed E-state index contributed by atoms with van der Waals surface area (Å²) in [6, 6.07) is 2.94. The predicted molar refractivity (Wildman–Crippen MR) is 84.4 cm³/mol. The standard InChI is InChI=1S/C15H24BrNS/c1-2-17-14(8-12-6-4-3-5-7-12)10-15-9-13(16)11-18-15/h9,11-12,14,17H,2-8,10H2,1H3. The highest BCUT2D eigenvalue weighted by Gasteiger charge is 2.19. The normalized spacial score (nSPS) is 19.0. The van der Waals surface area contributed by atoms with Crippen molar-refractivity contribution in [2.45, 2.75) is 57.9 Å². The Bertz CT molecular complexity index is 344. The first kappa shape index (κ1) is 14.5. The second-order valence-electron chi connectivity index (χ2n) is 5.43. The van der Waals surface area contributed by atoms with Crippen molar-refractivity contribution in [2.24, 2.45) is 5.92 Å². The number of rotatable bonds is 6. The van der Waals surface area contributed by atoms with Gasteiger partial charge in [0.25, 0.3) is 0 Å². The molecule has 1 nitrogen and oxygen atoms in total. The molecular weight excluding hydrogens is 306 g/mol. The molecule has 1 atom stereocenters. The zero-order chi connectivity index (χ0) is 12.8. The largest absolute Gasteiger partial charge is 0.314 e. The van der Waals surface area contributed by atoms with Gasteiger partial charge in [0, 0.05) is 20.8 Å². The van der Waals surface area contributed by atoms with Gasteiger partial charge in [-0.1, -0.05) is 39.0 Å². The highest BCUT2D eigenvalue weighted by atomic mass is 79.9. The molecule has 1 aromatic rings. The first-order valence-electron chi connectivity index (χ1n) is 7.24. The van der Waals surface area contributed by atoms with Crippen LogP contribution in [0.3, 0.4) is 0 Å². The van der Waals surface area contributed by atoms with Crippen LogP contribution in [0.5, 0.6) is 0 Å². The van der Waals surface area contributed by atoms with Crippen LogP contribution in [0, 0.1) is 5.92 Å². The average Bonchev–Trinajstić information content (AvgIpc) is 2.76. The summed E-state index contributed by atoms with van der Waals surface area (Å²) >= 11 is 5.43. The fourth-order valence-electron chi connectivity index (χ4n) is 3.06. The summed E-state index contributed by atoms with van der Waals surface area (Å²) in [5, 5.41) is 5.87. The van der Waals surface area contributed by atoms with Gasteiger partial charge < -0.3 is 5.32 Å². The lowest BCUT2D eigenvalue weighted by molar-refractivity contribution is 0.299. The van der Waals surface area contributed by atoms with E-state index < -0.39 is 0 Å². The summed E-state index contributed by atoms with van der Waals surface area (Å²) in [7, 11) is 0. The lowest BCUT2D eigenvalue weighted by atomic mass is 9.84. The number of hydrogen-bond donors (Lipinski definition) is 1. The SMILES string of the molecule is CCNC(Cc1cc(Br)cs1)CC1CCCCC1. The first-order chi connectivity index (χ1) is 8.78. The molecule has 1 aliphatic rings. The van der Waals surface area contributed by atoms with Gasteiger partial charge in [0.15, 0.2) is 0 Å². The van der Waals surface area contributed by atoms with Gasteiger partial charge in [-0.15, -0.1) is 11.3 Å². The van der Waals surface area contributed by atoms with Crippen LogP contribution in [-0.4, -0.2) is 12.6 Å². The van der Waals surface area contributed by atoms with Gasteiger partial charge in [-0.3, -0.25) is 0 Å². The van der Waals surface area contributed by atoms with Gasteiger partial charge in [0.1, 0.15) is 0 Å². The molecule has 1 N–H and O–H groups in total. The number of nitrogens with one attached hydrogen (secondary N) is 1. The summed E-state index contributed by atoms with van der Waals surface area (Å²) in [4.78, 5) is 1.50. The average molecular weight is 330 g/mol. The number of hydrogen-bond acceptors (Lipinski definition) is 2. The van der Waals surface area contributed by atoms with Gasteiger partial charge in [-0.25, -0.2) is 0 Å². The maximum Gasteiger partial charge on any atom is 0.0285 e. The Labute approximate surface area is 123 Å². The van der Waals surface area contributed by atoms with E-state index in [1.54, 1.807) is 0 Å². The smallest absolute Gasteiger partial charge is 0.0285 e. The second-order valence-corrected chi connectivity index (χ2v) is 7.34. The van der Waals surface area contributed by atoms with Crippen molar-refractivity contribution in [3.05, 3.63) is 20.8 Å². The van der Waals surface area contributed by atoms with Crippen molar-refractivity contribution in [3.63, 3.8) is 0 Å². The molecular formula is C15H24BrNS. The Hall–Kier alpha value is 0.140. The molecule has 0 aromatic carbocycles. The Balaban J connectivity index is 1.86. The molecule has 0 amide bonds. The van der Waals surface area contributed by atoms with Crippen LogP contribution in [0.4, 0.5) is 0 Å². The first-order valence-corrected chi connectivity index (χ1v) is 8.91. The zero-order valence-corrected chi connectivity index (χ0v) is 13.7. The van der Waals surface area contributed by atoms with Gasteiger partial charge in [-0.2, -0.15) is 0 Å². The maximum atomic E-state index is 3.68. The van der Waals surface area contributed by atoms with E-state index >= 15 is 0 Å². The fourth-order valence-corrected chi connectivity index (χ4v) is 4.59. The van der Waals surface area contributed by atoms with Crippen molar-refractivity contribution in [3.8, 4) is 0 Å². The molecule has 0 aliphatic heterocycles. The third-order valence-corrected chi connectivity index (χ3v) is 5.62. The molecule has 1 fully saturated rings. The second kappa shape index (κ2) is 7.66. The summed E-state index contributed by atoms with van der Waals surface area (Å²) in [6.07, 6.45) is 9.83. The van der Waals surface area contributed by atoms with Crippen LogP contribution in [0.2, 0.25) is 0 Å². The molecule has 1 unspecified atom stereocenters. The Morgan fingerprint density at radius 1 is 1.39 bits per heavy atom. The molecule has 18 heavy (non-hydrogen) atoms. The minimum absolute atomic E-state index is 0.670. The Morgan fingerprint density at radius 3 is 2.78 bits per heavy atom. The predicted octanol–water partition coefficient (Wildman–Crippen LogP) is 5.00. The monoisotopic (exact) mass is 329 g/mol. The molecule has 0 saturated heterocycles. The third kappa shape index (κ3) is 4.67. The summed E-state index contributed by atoms with van der Waals surface area (Å²) < 4.78 is 1.23. The van der Waals surface area contributed by atoms with E-state index in [-0.39, 0.29) is 0 Å². The minimum atomic E-state index is 0.670. The molecule has 0 radical (unpaired) electrons. The molecule has 1 heterocycles. The van der Waals surface area contributed by atoms with Crippen molar-refractivity contribution in [1.29, 1.82) is 0 Å². The van der Waals surface area contributed by atoms with Gasteiger partial charge in [0.2, 0.25) is 0 Å². The lowest BCUT2D eigenvalue weighted by Crippen LogP contribution is -2.33.